The zero-order chi connectivity index (χ0) is 24.5. The summed E-state index contributed by atoms with van der Waals surface area (Å²) in [5.74, 6) is 2.67. The Morgan fingerprint density at radius 1 is 0.971 bits per heavy atom. The smallest absolute Gasteiger partial charge is 0.139 e. The van der Waals surface area contributed by atoms with E-state index in [0.717, 1.165) is 46.1 Å². The minimum Gasteiger partial charge on any atom is -0.508 e. The van der Waals surface area contributed by atoms with Gasteiger partial charge in [-0.25, -0.2) is 0 Å². The molecule has 0 aliphatic carbocycles. The third-order valence-electron chi connectivity index (χ3n) is 7.28. The van der Waals surface area contributed by atoms with Crippen molar-refractivity contribution in [3.05, 3.63) is 83.4 Å². The lowest BCUT2D eigenvalue weighted by Gasteiger charge is -2.30. The van der Waals surface area contributed by atoms with Crippen molar-refractivity contribution in [2.24, 2.45) is 0 Å². The molecule has 0 radical (unpaired) electrons. The van der Waals surface area contributed by atoms with Gasteiger partial charge in [-0.2, -0.15) is 0 Å². The molecule has 1 unspecified atom stereocenters. The number of hydrogen-bond acceptors (Lipinski definition) is 5. The summed E-state index contributed by atoms with van der Waals surface area (Å²) in [6.45, 7) is 8.42. The van der Waals surface area contributed by atoms with Crippen LogP contribution in [0.5, 0.6) is 23.0 Å². The fourth-order valence-electron chi connectivity index (χ4n) is 5.38. The van der Waals surface area contributed by atoms with Gasteiger partial charge in [-0.05, 0) is 93.4 Å². The first-order chi connectivity index (χ1) is 16.9. The molecule has 182 valence electrons. The maximum atomic E-state index is 10.1. The first kappa shape index (κ1) is 23.3. The highest BCUT2D eigenvalue weighted by Crippen LogP contribution is 2.47. The maximum absolute atomic E-state index is 10.1. The maximum Gasteiger partial charge on any atom is 0.139 e. The van der Waals surface area contributed by atoms with Gasteiger partial charge >= 0.3 is 0 Å². The van der Waals surface area contributed by atoms with Crippen LogP contribution in [0.15, 0.2) is 66.7 Å². The highest BCUT2D eigenvalue weighted by atomic mass is 16.5. The summed E-state index contributed by atoms with van der Waals surface area (Å²) < 4.78 is 12.5. The number of ether oxygens (including phenoxy) is 2. The molecular weight excluding hydrogens is 438 g/mol. The normalized spacial score (nSPS) is 20.9. The van der Waals surface area contributed by atoms with E-state index < -0.39 is 0 Å². The van der Waals surface area contributed by atoms with Crippen LogP contribution in [0.2, 0.25) is 0 Å². The molecule has 3 aromatic rings. The lowest BCUT2D eigenvalue weighted by atomic mass is 9.83. The molecule has 0 saturated carbocycles. The lowest BCUT2D eigenvalue weighted by Crippen LogP contribution is -2.39. The van der Waals surface area contributed by atoms with E-state index in [1.54, 1.807) is 30.3 Å². The molecule has 2 aliphatic rings. The van der Waals surface area contributed by atoms with Crippen LogP contribution in [0.3, 0.4) is 0 Å². The first-order valence-electron chi connectivity index (χ1n) is 12.4. The van der Waals surface area contributed by atoms with Gasteiger partial charge in [0.2, 0.25) is 0 Å². The summed E-state index contributed by atoms with van der Waals surface area (Å²) in [5.41, 5.74) is 3.69. The number of rotatable bonds is 6. The second-order valence-electron chi connectivity index (χ2n) is 9.75. The predicted molar refractivity (Wildman–Crippen MR) is 139 cm³/mol. The highest BCUT2D eigenvalue weighted by molar-refractivity contribution is 5.93. The van der Waals surface area contributed by atoms with Crippen molar-refractivity contribution >= 4 is 11.3 Å². The molecule has 2 N–H and O–H groups in total. The van der Waals surface area contributed by atoms with E-state index in [0.29, 0.717) is 18.7 Å². The minimum absolute atomic E-state index is 0.0399. The molecule has 1 fully saturated rings. The van der Waals surface area contributed by atoms with Crippen LogP contribution in [-0.4, -0.2) is 40.3 Å². The molecule has 0 spiro atoms. The average Bonchev–Trinajstić information content (AvgIpc) is 3.29. The summed E-state index contributed by atoms with van der Waals surface area (Å²) in [6.07, 6.45) is 2.52. The molecule has 0 bridgehead atoms. The van der Waals surface area contributed by atoms with Gasteiger partial charge in [-0.1, -0.05) is 19.1 Å². The van der Waals surface area contributed by atoms with E-state index in [9.17, 15) is 10.2 Å². The van der Waals surface area contributed by atoms with Crippen LogP contribution in [-0.2, 0) is 0 Å². The molecule has 2 aliphatic heterocycles. The van der Waals surface area contributed by atoms with Crippen LogP contribution in [0.4, 0.5) is 0 Å². The lowest BCUT2D eigenvalue weighted by molar-refractivity contribution is 0.141. The number of fused-ring (bicyclic) bond motifs is 1. The number of likely N-dealkylation sites (tertiary alicyclic amines) is 1. The number of phenols is 2. The zero-order valence-corrected chi connectivity index (χ0v) is 20.6. The van der Waals surface area contributed by atoms with Gasteiger partial charge in [0.15, 0.2) is 0 Å². The number of hydrogen-bond donors (Lipinski definition) is 2. The molecule has 0 aromatic heterocycles. The number of nitrogens with zero attached hydrogens (tertiary/aromatic N) is 1. The fraction of sp³-hybridized carbons (Fsp3) is 0.333. The third-order valence-corrected chi connectivity index (χ3v) is 7.28. The van der Waals surface area contributed by atoms with Crippen LogP contribution in [0.1, 0.15) is 56.2 Å². The molecule has 5 nitrogen and oxygen atoms in total. The van der Waals surface area contributed by atoms with E-state index in [-0.39, 0.29) is 17.4 Å². The van der Waals surface area contributed by atoms with Crippen molar-refractivity contribution in [2.75, 3.05) is 13.2 Å². The van der Waals surface area contributed by atoms with Crippen LogP contribution in [0, 0.1) is 0 Å². The van der Waals surface area contributed by atoms with E-state index in [4.69, 9.17) is 9.47 Å². The SMILES string of the molecule is CC1C(c2cccc(O)c2)=C(c2ccc(OC[C@H](C)N3CCC[C@H]3C)cc2)Oc2ccc(O)cc21. The molecule has 3 atom stereocenters. The Morgan fingerprint density at radius 2 is 1.74 bits per heavy atom. The summed E-state index contributed by atoms with van der Waals surface area (Å²) in [7, 11) is 0. The summed E-state index contributed by atoms with van der Waals surface area (Å²) in [6, 6.07) is 21.4. The van der Waals surface area contributed by atoms with Gasteiger partial charge in [-0.15, -0.1) is 0 Å². The second kappa shape index (κ2) is 9.67. The van der Waals surface area contributed by atoms with Gasteiger partial charge in [0, 0.05) is 34.7 Å². The van der Waals surface area contributed by atoms with Crippen LogP contribution in [0.25, 0.3) is 11.3 Å². The summed E-state index contributed by atoms with van der Waals surface area (Å²) in [4.78, 5) is 2.52. The molecular formula is C30H33NO4. The third kappa shape index (κ3) is 4.73. The molecule has 1 saturated heterocycles. The highest BCUT2D eigenvalue weighted by Gasteiger charge is 2.29. The summed E-state index contributed by atoms with van der Waals surface area (Å²) in [5, 5.41) is 20.2. The molecule has 5 heteroatoms. The standard InChI is InChI=1S/C30H33NO4/c1-19-6-5-15-31(19)20(2)18-34-26-12-9-22(10-13-26)30-29(23-7-4-8-24(32)16-23)21(3)27-17-25(33)11-14-28(27)35-30/h4,7-14,16-17,19-21,32-33H,5-6,15,18H2,1-3H3/t19-,20+,21?/m1/s1. The number of phenolic OH excluding ortho intramolecular Hbond substituents is 2. The Hall–Kier alpha value is -3.44. The van der Waals surface area contributed by atoms with Crippen molar-refractivity contribution in [3.63, 3.8) is 0 Å². The van der Waals surface area contributed by atoms with Crippen LogP contribution >= 0.6 is 0 Å². The Balaban J connectivity index is 1.44. The van der Waals surface area contributed by atoms with E-state index in [1.165, 1.54) is 12.8 Å². The largest absolute Gasteiger partial charge is 0.508 e. The topological polar surface area (TPSA) is 62.2 Å². The van der Waals surface area contributed by atoms with Crippen molar-refractivity contribution in [1.29, 1.82) is 0 Å². The van der Waals surface area contributed by atoms with Crippen molar-refractivity contribution in [2.45, 2.75) is 51.6 Å². The molecule has 35 heavy (non-hydrogen) atoms. The molecule has 0 amide bonds. The Bertz CT molecular complexity index is 1230. The minimum atomic E-state index is -0.0399. The first-order valence-corrected chi connectivity index (χ1v) is 12.4. The summed E-state index contributed by atoms with van der Waals surface area (Å²) >= 11 is 0. The fourth-order valence-corrected chi connectivity index (χ4v) is 5.38. The van der Waals surface area contributed by atoms with Crippen molar-refractivity contribution in [1.82, 2.24) is 4.90 Å². The quantitative estimate of drug-likeness (QED) is 0.435. The van der Waals surface area contributed by atoms with E-state index in [2.05, 4.69) is 25.7 Å². The Morgan fingerprint density at radius 3 is 2.46 bits per heavy atom. The van der Waals surface area contributed by atoms with Gasteiger partial charge < -0.3 is 19.7 Å². The number of allylic oxidation sites excluding steroid dienone is 1. The second-order valence-corrected chi connectivity index (χ2v) is 9.75. The molecule has 3 aromatic carbocycles. The molecule has 5 rings (SSSR count). The zero-order valence-electron chi connectivity index (χ0n) is 20.6. The predicted octanol–water partition coefficient (Wildman–Crippen LogP) is 6.41. The van der Waals surface area contributed by atoms with Gasteiger partial charge in [0.05, 0.1) is 0 Å². The van der Waals surface area contributed by atoms with Crippen molar-refractivity contribution < 1.29 is 19.7 Å². The Kier molecular flexibility index (Phi) is 6.44. The van der Waals surface area contributed by atoms with Gasteiger partial charge in [0.1, 0.15) is 35.4 Å². The van der Waals surface area contributed by atoms with Crippen molar-refractivity contribution in [3.8, 4) is 23.0 Å². The molecule has 2 heterocycles. The van der Waals surface area contributed by atoms with Gasteiger partial charge in [-0.3, -0.25) is 4.90 Å². The van der Waals surface area contributed by atoms with Gasteiger partial charge in [0.25, 0.3) is 0 Å². The number of benzene rings is 3. The monoisotopic (exact) mass is 471 g/mol. The Labute approximate surface area is 207 Å². The number of aromatic hydroxyl groups is 2. The van der Waals surface area contributed by atoms with E-state index >= 15 is 0 Å². The average molecular weight is 472 g/mol. The van der Waals surface area contributed by atoms with E-state index in [1.807, 2.05) is 36.4 Å². The van der Waals surface area contributed by atoms with Crippen LogP contribution < -0.4 is 9.47 Å².